The van der Waals surface area contributed by atoms with Crippen LogP contribution >= 0.6 is 0 Å². The summed E-state index contributed by atoms with van der Waals surface area (Å²) in [5, 5.41) is 0. The maximum atomic E-state index is 13.3. The van der Waals surface area contributed by atoms with Crippen LogP contribution in [0.1, 0.15) is 57.5 Å². The van der Waals surface area contributed by atoms with Crippen LogP contribution in [-0.2, 0) is 17.3 Å². The van der Waals surface area contributed by atoms with Gasteiger partial charge in [-0.05, 0) is 64.8 Å². The molecule has 0 aliphatic carbocycles. The number of carbonyl (C=O) groups is 1. The van der Waals surface area contributed by atoms with Crippen molar-refractivity contribution in [1.82, 2.24) is 19.1 Å². The second kappa shape index (κ2) is 7.90. The lowest BCUT2D eigenvalue weighted by Crippen LogP contribution is -2.40. The van der Waals surface area contributed by atoms with Gasteiger partial charge in [0.25, 0.3) is 5.56 Å². The molecule has 0 N–H and O–H groups in total. The highest BCUT2D eigenvalue weighted by molar-refractivity contribution is 6.10. The van der Waals surface area contributed by atoms with Crippen LogP contribution in [0.2, 0.25) is 0 Å². The molecule has 0 saturated carbocycles. The summed E-state index contributed by atoms with van der Waals surface area (Å²) in [6.07, 6.45) is 1.74. The molecule has 180 valence electrons. The van der Waals surface area contributed by atoms with Crippen LogP contribution < -0.4 is 10.5 Å². The first-order valence-electron chi connectivity index (χ1n) is 12.0. The van der Waals surface area contributed by atoms with Gasteiger partial charge in [0.15, 0.2) is 5.82 Å². The van der Waals surface area contributed by atoms with Crippen molar-refractivity contribution in [1.29, 1.82) is 0 Å². The lowest BCUT2D eigenvalue weighted by atomic mass is 9.86. The molecular formula is C28H31N5O2. The Morgan fingerprint density at radius 2 is 1.66 bits per heavy atom. The van der Waals surface area contributed by atoms with Gasteiger partial charge in [0.1, 0.15) is 11.4 Å². The van der Waals surface area contributed by atoms with Gasteiger partial charge in [0, 0.05) is 19.3 Å². The smallest absolute Gasteiger partial charge is 0.271 e. The van der Waals surface area contributed by atoms with E-state index in [2.05, 4.69) is 40.7 Å². The quantitative estimate of drug-likeness (QED) is 0.432. The largest absolute Gasteiger partial charge is 0.315 e. The van der Waals surface area contributed by atoms with E-state index in [1.807, 2.05) is 50.8 Å². The Kier molecular flexibility index (Phi) is 5.20. The number of aryl methyl sites for hydroxylation is 2. The molecule has 0 spiro atoms. The van der Waals surface area contributed by atoms with E-state index in [0.29, 0.717) is 17.2 Å². The summed E-state index contributed by atoms with van der Waals surface area (Å²) in [4.78, 5) is 37.2. The summed E-state index contributed by atoms with van der Waals surface area (Å²) in [5.41, 5.74) is 5.09. The third kappa shape index (κ3) is 3.40. The highest BCUT2D eigenvalue weighted by atomic mass is 16.2. The zero-order valence-electron chi connectivity index (χ0n) is 21.3. The van der Waals surface area contributed by atoms with E-state index >= 15 is 0 Å². The summed E-state index contributed by atoms with van der Waals surface area (Å²) in [5.74, 6) is 0.798. The van der Waals surface area contributed by atoms with E-state index in [1.165, 1.54) is 0 Å². The molecule has 35 heavy (non-hydrogen) atoms. The van der Waals surface area contributed by atoms with E-state index in [1.54, 1.807) is 24.7 Å². The molecule has 0 bridgehead atoms. The number of amides is 1. The van der Waals surface area contributed by atoms with Crippen LogP contribution in [0.4, 0.5) is 5.69 Å². The number of nitrogens with zero attached hydrogens (tertiary/aromatic N) is 5. The molecule has 0 fully saturated rings. The predicted octanol–water partition coefficient (Wildman–Crippen LogP) is 4.75. The van der Waals surface area contributed by atoms with Crippen molar-refractivity contribution >= 4 is 22.6 Å². The Bertz CT molecular complexity index is 1500. The Morgan fingerprint density at radius 3 is 2.29 bits per heavy atom. The van der Waals surface area contributed by atoms with E-state index in [-0.39, 0.29) is 23.6 Å². The normalized spacial score (nSPS) is 15.8. The molecular weight excluding hydrogens is 438 g/mol. The molecule has 1 amide bonds. The number of fused-ring (bicyclic) bond motifs is 2. The van der Waals surface area contributed by atoms with Gasteiger partial charge < -0.3 is 14.0 Å². The third-order valence-corrected chi connectivity index (χ3v) is 7.14. The molecule has 0 radical (unpaired) electrons. The van der Waals surface area contributed by atoms with Gasteiger partial charge in [-0.25, -0.2) is 9.97 Å². The molecule has 2 aromatic heterocycles. The van der Waals surface area contributed by atoms with E-state index in [9.17, 15) is 9.59 Å². The van der Waals surface area contributed by atoms with Crippen molar-refractivity contribution in [2.24, 2.45) is 7.05 Å². The maximum Gasteiger partial charge on any atom is 0.271 e. The lowest BCUT2D eigenvalue weighted by molar-refractivity contribution is -0.122. The predicted molar refractivity (Wildman–Crippen MR) is 139 cm³/mol. The van der Waals surface area contributed by atoms with Crippen molar-refractivity contribution in [2.75, 3.05) is 4.90 Å². The second-order valence-corrected chi connectivity index (χ2v) is 10.3. The van der Waals surface area contributed by atoms with Crippen LogP contribution in [-0.4, -0.2) is 31.1 Å². The van der Waals surface area contributed by atoms with Gasteiger partial charge >= 0.3 is 0 Å². The Hall–Kier alpha value is -3.74. The third-order valence-electron chi connectivity index (χ3n) is 7.14. The summed E-state index contributed by atoms with van der Waals surface area (Å²) in [6, 6.07) is 14.4. The minimum Gasteiger partial charge on any atom is -0.315 e. The molecule has 1 atom stereocenters. The lowest BCUT2D eigenvalue weighted by Gasteiger charge is -2.24. The van der Waals surface area contributed by atoms with E-state index in [0.717, 1.165) is 27.8 Å². The fraction of sp³-hybridized carbons (Fsp3) is 0.357. The number of rotatable bonds is 4. The summed E-state index contributed by atoms with van der Waals surface area (Å²) in [7, 11) is 1.73. The number of anilines is 1. The first-order chi connectivity index (χ1) is 16.5. The highest BCUT2D eigenvalue weighted by Gasteiger charge is 2.45. The Labute approximate surface area is 205 Å². The van der Waals surface area contributed by atoms with Gasteiger partial charge in [-0.3, -0.25) is 9.59 Å². The highest BCUT2D eigenvalue weighted by Crippen LogP contribution is 2.45. The minimum atomic E-state index is -0.631. The van der Waals surface area contributed by atoms with Gasteiger partial charge in [0.05, 0.1) is 28.2 Å². The fourth-order valence-electron chi connectivity index (χ4n) is 5.18. The number of hydrogen-bond donors (Lipinski definition) is 0. The zero-order valence-corrected chi connectivity index (χ0v) is 21.3. The van der Waals surface area contributed by atoms with Gasteiger partial charge in [-0.15, -0.1) is 0 Å². The van der Waals surface area contributed by atoms with E-state index < -0.39 is 5.41 Å². The Balaban J connectivity index is 1.85. The molecule has 1 aliphatic rings. The van der Waals surface area contributed by atoms with Crippen LogP contribution in [0.3, 0.4) is 0 Å². The summed E-state index contributed by atoms with van der Waals surface area (Å²) < 4.78 is 3.72. The molecule has 7 nitrogen and oxygen atoms in total. The van der Waals surface area contributed by atoms with Crippen LogP contribution in [0, 0.1) is 6.92 Å². The van der Waals surface area contributed by atoms with E-state index in [4.69, 9.17) is 4.98 Å². The van der Waals surface area contributed by atoms with Crippen LogP contribution in [0.25, 0.3) is 22.6 Å². The summed E-state index contributed by atoms with van der Waals surface area (Å²) in [6.45, 7) is 11.9. The molecule has 7 heteroatoms. The van der Waals surface area contributed by atoms with Gasteiger partial charge in [-0.2, -0.15) is 0 Å². The number of benzene rings is 2. The first-order valence-corrected chi connectivity index (χ1v) is 12.0. The SMILES string of the molecule is Cc1nc(-c2nc3cc4c(cc3n2C(C)c2ccccc2)N(C(C)C)C(=O)C4(C)C)cn(C)c1=O. The molecule has 2 aromatic carbocycles. The number of carbonyl (C=O) groups excluding carboxylic acids is 1. The second-order valence-electron chi connectivity index (χ2n) is 10.3. The van der Waals surface area contributed by atoms with Gasteiger partial charge in [0.2, 0.25) is 5.91 Å². The molecule has 3 heterocycles. The monoisotopic (exact) mass is 469 g/mol. The van der Waals surface area contributed by atoms with Gasteiger partial charge in [-0.1, -0.05) is 30.3 Å². The average Bonchev–Trinajstić information content (AvgIpc) is 3.28. The van der Waals surface area contributed by atoms with Crippen molar-refractivity contribution in [3.63, 3.8) is 0 Å². The molecule has 0 saturated heterocycles. The number of imidazole rings is 1. The van der Waals surface area contributed by atoms with Crippen molar-refractivity contribution < 1.29 is 4.79 Å². The van der Waals surface area contributed by atoms with Crippen LogP contribution in [0.15, 0.2) is 53.5 Å². The molecule has 4 aromatic rings. The molecule has 1 unspecified atom stereocenters. The molecule has 5 rings (SSSR count). The standard InChI is InChI=1S/C28H31N5O2/c1-16(2)32-23-14-24-21(13-20(23)28(5,6)27(32)35)30-25(22-15-31(7)26(34)17(3)29-22)33(24)18(4)19-11-9-8-10-12-19/h8-16,18H,1-7H3. The van der Waals surface area contributed by atoms with Crippen molar-refractivity contribution in [2.45, 2.75) is 59.0 Å². The number of aromatic nitrogens is 4. The zero-order chi connectivity index (χ0) is 25.2. The number of hydrogen-bond acceptors (Lipinski definition) is 4. The molecule has 1 aliphatic heterocycles. The maximum absolute atomic E-state index is 13.3. The first kappa shape index (κ1) is 23.0. The Morgan fingerprint density at radius 1 is 0.971 bits per heavy atom. The van der Waals surface area contributed by atoms with Crippen molar-refractivity contribution in [3.05, 3.63) is 75.8 Å². The summed E-state index contributed by atoms with van der Waals surface area (Å²) >= 11 is 0. The topological polar surface area (TPSA) is 73.0 Å². The van der Waals surface area contributed by atoms with Crippen LogP contribution in [0.5, 0.6) is 0 Å². The minimum absolute atomic E-state index is 0.0378. The fourth-order valence-corrected chi connectivity index (χ4v) is 5.18. The van der Waals surface area contributed by atoms with Crippen molar-refractivity contribution in [3.8, 4) is 11.5 Å². The average molecular weight is 470 g/mol.